The summed E-state index contributed by atoms with van der Waals surface area (Å²) in [5.41, 5.74) is 4.04. The van der Waals surface area contributed by atoms with Gasteiger partial charge in [0.1, 0.15) is 11.8 Å². The molecule has 0 bridgehead atoms. The molecule has 0 radical (unpaired) electrons. The summed E-state index contributed by atoms with van der Waals surface area (Å²) in [4.78, 5) is 16.8. The Morgan fingerprint density at radius 3 is 2.63 bits per heavy atom. The molecule has 1 aliphatic heterocycles. The Bertz CT molecular complexity index is 1060. The molecule has 0 unspecified atom stereocenters. The normalized spacial score (nSPS) is 14.1. The van der Waals surface area contributed by atoms with Gasteiger partial charge in [0.05, 0.1) is 22.3 Å². The average Bonchev–Trinajstić information content (AvgIpc) is 2.96. The molecule has 1 fully saturated rings. The average molecular weight is 420 g/mol. The van der Waals surface area contributed by atoms with Crippen molar-refractivity contribution in [2.45, 2.75) is 32.6 Å². The summed E-state index contributed by atoms with van der Waals surface area (Å²) in [6.07, 6.45) is 6.66. The van der Waals surface area contributed by atoms with Gasteiger partial charge in [-0.25, -0.2) is 15.0 Å². The second kappa shape index (κ2) is 9.09. The summed E-state index contributed by atoms with van der Waals surface area (Å²) in [5.74, 6) is 0.468. The molecule has 0 saturated carbocycles. The smallest absolute Gasteiger partial charge is 0.227 e. The molecular weight excluding hydrogens is 394 g/mol. The Balaban J connectivity index is 1.62. The zero-order valence-corrected chi connectivity index (χ0v) is 18.1. The monoisotopic (exact) mass is 419 g/mol. The molecule has 1 saturated heterocycles. The van der Waals surface area contributed by atoms with Gasteiger partial charge in [0, 0.05) is 31.5 Å². The number of hydrogen-bond donors (Lipinski definition) is 2. The molecule has 0 atom stereocenters. The van der Waals surface area contributed by atoms with Gasteiger partial charge in [-0.3, -0.25) is 0 Å². The lowest BCUT2D eigenvalue weighted by molar-refractivity contribution is 0.726. The SMILES string of the molecule is CNc1nc(C)c(-c2nc(Nc3cccc(N4CCCCCC4)c3)ncc2C#N)s1. The zero-order valence-electron chi connectivity index (χ0n) is 17.3. The summed E-state index contributed by atoms with van der Waals surface area (Å²) in [6, 6.07) is 10.6. The number of hydrogen-bond acceptors (Lipinski definition) is 8. The van der Waals surface area contributed by atoms with E-state index in [4.69, 9.17) is 0 Å². The van der Waals surface area contributed by atoms with E-state index in [9.17, 15) is 5.26 Å². The Hall–Kier alpha value is -3.18. The van der Waals surface area contributed by atoms with E-state index < -0.39 is 0 Å². The van der Waals surface area contributed by atoms with Crippen molar-refractivity contribution in [3.63, 3.8) is 0 Å². The van der Waals surface area contributed by atoms with Crippen molar-refractivity contribution in [3.8, 4) is 16.6 Å². The standard InChI is InChI=1S/C22H25N7S/c1-15-20(30-22(24-2)26-15)19-16(13-23)14-25-21(28-19)27-17-8-7-9-18(12-17)29-10-5-3-4-6-11-29/h7-9,12,14H,3-6,10-11H2,1-2H3,(H,24,26)(H,25,27,28). The number of rotatable bonds is 5. The molecule has 2 aromatic heterocycles. The topological polar surface area (TPSA) is 89.8 Å². The molecule has 3 aromatic rings. The van der Waals surface area contributed by atoms with Crippen LogP contribution in [0.3, 0.4) is 0 Å². The maximum Gasteiger partial charge on any atom is 0.227 e. The van der Waals surface area contributed by atoms with E-state index in [-0.39, 0.29) is 0 Å². The number of aromatic nitrogens is 3. The Morgan fingerprint density at radius 2 is 1.93 bits per heavy atom. The maximum absolute atomic E-state index is 9.53. The van der Waals surface area contributed by atoms with Crippen LogP contribution >= 0.6 is 11.3 Å². The van der Waals surface area contributed by atoms with Crippen molar-refractivity contribution in [1.29, 1.82) is 5.26 Å². The molecular formula is C22H25N7S. The highest BCUT2D eigenvalue weighted by Gasteiger charge is 2.17. The number of nitriles is 1. The van der Waals surface area contributed by atoms with Gasteiger partial charge < -0.3 is 15.5 Å². The van der Waals surface area contributed by atoms with Crippen LogP contribution in [0.25, 0.3) is 10.6 Å². The minimum atomic E-state index is 0.438. The second-order valence-electron chi connectivity index (χ2n) is 7.33. The molecule has 3 heterocycles. The van der Waals surface area contributed by atoms with Crippen LogP contribution in [0, 0.1) is 18.3 Å². The van der Waals surface area contributed by atoms with Crippen molar-refractivity contribution in [3.05, 3.63) is 41.7 Å². The molecule has 8 heteroatoms. The van der Waals surface area contributed by atoms with Gasteiger partial charge in [-0.1, -0.05) is 30.2 Å². The lowest BCUT2D eigenvalue weighted by Crippen LogP contribution is -2.23. The first-order chi connectivity index (χ1) is 14.7. The Morgan fingerprint density at radius 1 is 1.13 bits per heavy atom. The van der Waals surface area contributed by atoms with Gasteiger partial charge in [-0.2, -0.15) is 5.26 Å². The van der Waals surface area contributed by atoms with Gasteiger partial charge in [0.2, 0.25) is 5.95 Å². The van der Waals surface area contributed by atoms with Crippen LogP contribution in [0.1, 0.15) is 36.9 Å². The molecule has 4 rings (SSSR count). The van der Waals surface area contributed by atoms with E-state index in [1.807, 2.05) is 20.0 Å². The molecule has 1 aliphatic rings. The fourth-order valence-electron chi connectivity index (χ4n) is 3.66. The second-order valence-corrected chi connectivity index (χ2v) is 8.33. The molecule has 30 heavy (non-hydrogen) atoms. The van der Waals surface area contributed by atoms with Crippen LogP contribution in [0.2, 0.25) is 0 Å². The predicted molar refractivity (Wildman–Crippen MR) is 123 cm³/mol. The van der Waals surface area contributed by atoms with Crippen LogP contribution < -0.4 is 15.5 Å². The van der Waals surface area contributed by atoms with E-state index in [1.165, 1.54) is 42.7 Å². The van der Waals surface area contributed by atoms with Crippen LogP contribution in [-0.2, 0) is 0 Å². The van der Waals surface area contributed by atoms with Crippen molar-refractivity contribution < 1.29 is 0 Å². The summed E-state index contributed by atoms with van der Waals surface area (Å²) in [5, 5.41) is 16.7. The third kappa shape index (κ3) is 4.36. The first-order valence-corrected chi connectivity index (χ1v) is 11.0. The van der Waals surface area contributed by atoms with Crippen molar-refractivity contribution in [2.75, 3.05) is 35.7 Å². The largest absolute Gasteiger partial charge is 0.371 e. The van der Waals surface area contributed by atoms with Crippen LogP contribution in [0.5, 0.6) is 0 Å². The van der Waals surface area contributed by atoms with Crippen molar-refractivity contribution in [1.82, 2.24) is 15.0 Å². The van der Waals surface area contributed by atoms with Gasteiger partial charge in [-0.05, 0) is 38.0 Å². The maximum atomic E-state index is 9.53. The number of thiazole rings is 1. The predicted octanol–water partition coefficient (Wildman–Crippen LogP) is 4.95. The fourth-order valence-corrected chi connectivity index (χ4v) is 4.58. The molecule has 0 aliphatic carbocycles. The Kier molecular flexibility index (Phi) is 6.10. The number of aryl methyl sites for hydroxylation is 1. The van der Waals surface area contributed by atoms with Crippen molar-refractivity contribution in [2.24, 2.45) is 0 Å². The van der Waals surface area contributed by atoms with E-state index in [0.717, 1.165) is 34.5 Å². The van der Waals surface area contributed by atoms with Gasteiger partial charge in [0.15, 0.2) is 5.13 Å². The number of anilines is 4. The minimum absolute atomic E-state index is 0.438. The third-order valence-electron chi connectivity index (χ3n) is 5.21. The third-order valence-corrected chi connectivity index (χ3v) is 6.39. The van der Waals surface area contributed by atoms with Gasteiger partial charge >= 0.3 is 0 Å². The number of benzene rings is 1. The van der Waals surface area contributed by atoms with Crippen LogP contribution in [-0.4, -0.2) is 35.1 Å². The van der Waals surface area contributed by atoms with E-state index >= 15 is 0 Å². The minimum Gasteiger partial charge on any atom is -0.371 e. The van der Waals surface area contributed by atoms with Crippen LogP contribution in [0.15, 0.2) is 30.5 Å². The lowest BCUT2D eigenvalue weighted by atomic mass is 10.2. The summed E-state index contributed by atoms with van der Waals surface area (Å²) in [6.45, 7) is 4.12. The molecule has 7 nitrogen and oxygen atoms in total. The summed E-state index contributed by atoms with van der Waals surface area (Å²) >= 11 is 1.48. The highest BCUT2D eigenvalue weighted by molar-refractivity contribution is 7.19. The van der Waals surface area contributed by atoms with Gasteiger partial charge in [0.25, 0.3) is 0 Å². The Labute approximate surface area is 180 Å². The number of nitrogens with zero attached hydrogens (tertiary/aromatic N) is 5. The van der Waals surface area contributed by atoms with Crippen molar-refractivity contribution >= 4 is 33.8 Å². The van der Waals surface area contributed by atoms with E-state index in [2.05, 4.69) is 54.8 Å². The molecule has 154 valence electrons. The number of nitrogens with one attached hydrogen (secondary N) is 2. The molecule has 0 amide bonds. The fraction of sp³-hybridized carbons (Fsp3) is 0.364. The first kappa shape index (κ1) is 20.1. The molecule has 0 spiro atoms. The highest BCUT2D eigenvalue weighted by Crippen LogP contribution is 2.34. The summed E-state index contributed by atoms with van der Waals surface area (Å²) in [7, 11) is 1.83. The van der Waals surface area contributed by atoms with Crippen LogP contribution in [0.4, 0.5) is 22.5 Å². The highest BCUT2D eigenvalue weighted by atomic mass is 32.1. The van der Waals surface area contributed by atoms with Gasteiger partial charge in [-0.15, -0.1) is 0 Å². The van der Waals surface area contributed by atoms with E-state index in [0.29, 0.717) is 17.2 Å². The lowest BCUT2D eigenvalue weighted by Gasteiger charge is -2.23. The summed E-state index contributed by atoms with van der Waals surface area (Å²) < 4.78 is 0. The molecule has 1 aromatic carbocycles. The molecule has 2 N–H and O–H groups in total. The first-order valence-electron chi connectivity index (χ1n) is 10.2. The quantitative estimate of drug-likeness (QED) is 0.605. The van der Waals surface area contributed by atoms with E-state index in [1.54, 1.807) is 6.20 Å². The zero-order chi connectivity index (χ0) is 20.9.